The van der Waals surface area contributed by atoms with Crippen LogP contribution in [0.15, 0.2) is 12.7 Å². The number of fused-ring (bicyclic) bond motifs is 2. The predicted molar refractivity (Wildman–Crippen MR) is 90.0 cm³/mol. The molecular formula is C20H32O3. The summed E-state index contributed by atoms with van der Waals surface area (Å²) in [6, 6.07) is 0. The van der Waals surface area contributed by atoms with Crippen LogP contribution in [0.2, 0.25) is 0 Å². The van der Waals surface area contributed by atoms with Crippen LogP contribution in [0, 0.1) is 22.2 Å². The van der Waals surface area contributed by atoms with E-state index in [4.69, 9.17) is 4.74 Å². The fourth-order valence-corrected chi connectivity index (χ4v) is 6.85. The van der Waals surface area contributed by atoms with Gasteiger partial charge in [-0.25, -0.2) is 0 Å². The van der Waals surface area contributed by atoms with E-state index in [1.165, 1.54) is 0 Å². The second-order valence-corrected chi connectivity index (χ2v) is 9.76. The van der Waals surface area contributed by atoms with Crippen molar-refractivity contribution < 1.29 is 14.9 Å². The summed E-state index contributed by atoms with van der Waals surface area (Å²) in [5.74, 6) is 0.340. The molecule has 7 unspecified atom stereocenters. The van der Waals surface area contributed by atoms with Crippen molar-refractivity contribution in [1.29, 1.82) is 0 Å². The molecule has 1 spiro atoms. The summed E-state index contributed by atoms with van der Waals surface area (Å²) >= 11 is 0. The highest BCUT2D eigenvalue weighted by Gasteiger charge is 2.81. The van der Waals surface area contributed by atoms with E-state index in [-0.39, 0.29) is 34.6 Å². The summed E-state index contributed by atoms with van der Waals surface area (Å²) in [7, 11) is 0. The molecule has 3 nitrogen and oxygen atoms in total. The van der Waals surface area contributed by atoms with Crippen LogP contribution < -0.4 is 0 Å². The van der Waals surface area contributed by atoms with Crippen LogP contribution in [0.3, 0.4) is 0 Å². The minimum Gasteiger partial charge on any atom is -0.396 e. The van der Waals surface area contributed by atoms with Crippen LogP contribution in [-0.4, -0.2) is 34.1 Å². The quantitative estimate of drug-likeness (QED) is 0.605. The third-order valence-corrected chi connectivity index (χ3v) is 8.54. The van der Waals surface area contributed by atoms with Gasteiger partial charge in [-0.2, -0.15) is 0 Å². The van der Waals surface area contributed by atoms with Crippen LogP contribution in [0.25, 0.3) is 0 Å². The molecule has 1 saturated heterocycles. The normalized spacial score (nSPS) is 61.1. The largest absolute Gasteiger partial charge is 0.396 e. The first-order valence-corrected chi connectivity index (χ1v) is 9.33. The molecule has 0 bridgehead atoms. The number of aliphatic hydroxyl groups is 2. The first-order valence-electron chi connectivity index (χ1n) is 9.33. The van der Waals surface area contributed by atoms with E-state index < -0.39 is 5.60 Å². The second kappa shape index (κ2) is 4.42. The summed E-state index contributed by atoms with van der Waals surface area (Å²) in [4.78, 5) is 0. The Bertz CT molecular complexity index is 547. The first kappa shape index (κ1) is 16.1. The SMILES string of the molecule is C=CC1(C)CCC2(O)C3(C)CCCC(C)(CO)C3CC3OC32C1. The average Bonchev–Trinajstić information content (AvgIpc) is 3.21. The highest BCUT2D eigenvalue weighted by molar-refractivity contribution is 5.31. The molecule has 3 saturated carbocycles. The maximum atomic E-state index is 12.0. The van der Waals surface area contributed by atoms with Crippen LogP contribution >= 0.6 is 0 Å². The van der Waals surface area contributed by atoms with E-state index in [2.05, 4.69) is 33.4 Å². The molecular weight excluding hydrogens is 288 g/mol. The van der Waals surface area contributed by atoms with E-state index in [1.807, 2.05) is 0 Å². The lowest BCUT2D eigenvalue weighted by atomic mass is 9.41. The molecule has 0 radical (unpaired) electrons. The molecule has 0 aromatic carbocycles. The molecule has 4 aliphatic rings. The van der Waals surface area contributed by atoms with Crippen molar-refractivity contribution in [3.63, 3.8) is 0 Å². The van der Waals surface area contributed by atoms with Crippen molar-refractivity contribution in [2.75, 3.05) is 6.61 Å². The Morgan fingerprint density at radius 1 is 1.17 bits per heavy atom. The molecule has 1 aliphatic heterocycles. The number of ether oxygens (including phenoxy) is 1. The summed E-state index contributed by atoms with van der Waals surface area (Å²) in [5.41, 5.74) is -1.29. The van der Waals surface area contributed by atoms with Gasteiger partial charge in [-0.1, -0.05) is 33.3 Å². The van der Waals surface area contributed by atoms with Gasteiger partial charge < -0.3 is 14.9 Å². The third-order valence-electron chi connectivity index (χ3n) is 8.54. The Hall–Kier alpha value is -0.380. The van der Waals surface area contributed by atoms with Gasteiger partial charge in [0.2, 0.25) is 0 Å². The van der Waals surface area contributed by atoms with E-state index >= 15 is 0 Å². The van der Waals surface area contributed by atoms with Crippen molar-refractivity contribution in [3.05, 3.63) is 12.7 Å². The average molecular weight is 320 g/mol. The number of epoxide rings is 1. The van der Waals surface area contributed by atoms with Crippen molar-refractivity contribution in [2.24, 2.45) is 22.2 Å². The number of hydrogen-bond acceptors (Lipinski definition) is 3. The van der Waals surface area contributed by atoms with Crippen molar-refractivity contribution in [2.45, 2.75) is 83.0 Å². The maximum absolute atomic E-state index is 12.0. The standard InChI is InChI=1S/C20H32O3/c1-5-16(2)9-10-20(22)18(4)8-6-7-17(3,13-21)14(18)11-15-19(20,12-16)23-15/h5,14-15,21-22H,1,6-13H2,2-4H3. The molecule has 3 heteroatoms. The molecule has 2 N–H and O–H groups in total. The summed E-state index contributed by atoms with van der Waals surface area (Å²) < 4.78 is 6.29. The molecule has 1 heterocycles. The van der Waals surface area contributed by atoms with Crippen molar-refractivity contribution in [1.82, 2.24) is 0 Å². The fourth-order valence-electron chi connectivity index (χ4n) is 6.85. The van der Waals surface area contributed by atoms with Gasteiger partial charge in [0.05, 0.1) is 6.10 Å². The van der Waals surface area contributed by atoms with E-state index in [9.17, 15) is 10.2 Å². The van der Waals surface area contributed by atoms with Crippen LogP contribution in [0.1, 0.15) is 65.7 Å². The summed E-state index contributed by atoms with van der Waals surface area (Å²) in [6.07, 6.45) is 9.07. The van der Waals surface area contributed by atoms with Gasteiger partial charge in [0.1, 0.15) is 11.2 Å². The lowest BCUT2D eigenvalue weighted by Crippen LogP contribution is -2.70. The molecule has 130 valence electrons. The van der Waals surface area contributed by atoms with Gasteiger partial charge in [0.25, 0.3) is 0 Å². The lowest BCUT2D eigenvalue weighted by molar-refractivity contribution is -0.229. The van der Waals surface area contributed by atoms with Crippen molar-refractivity contribution in [3.8, 4) is 0 Å². The predicted octanol–water partition coefficient (Wildman–Crippen LogP) is 3.44. The Morgan fingerprint density at radius 3 is 2.57 bits per heavy atom. The van der Waals surface area contributed by atoms with Crippen LogP contribution in [-0.2, 0) is 4.74 Å². The maximum Gasteiger partial charge on any atom is 0.125 e. The van der Waals surface area contributed by atoms with Crippen LogP contribution in [0.5, 0.6) is 0 Å². The summed E-state index contributed by atoms with van der Waals surface area (Å²) in [5, 5.41) is 22.0. The van der Waals surface area contributed by atoms with Gasteiger partial charge in [0, 0.05) is 12.0 Å². The lowest BCUT2D eigenvalue weighted by Gasteiger charge is -2.64. The number of aliphatic hydroxyl groups excluding tert-OH is 1. The zero-order valence-corrected chi connectivity index (χ0v) is 14.9. The number of rotatable bonds is 2. The van der Waals surface area contributed by atoms with Gasteiger partial charge in [-0.3, -0.25) is 0 Å². The smallest absolute Gasteiger partial charge is 0.125 e. The Labute approximate surface area is 140 Å². The van der Waals surface area contributed by atoms with Crippen molar-refractivity contribution >= 4 is 0 Å². The van der Waals surface area contributed by atoms with E-state index in [0.717, 1.165) is 44.9 Å². The summed E-state index contributed by atoms with van der Waals surface area (Å²) in [6.45, 7) is 11.0. The fraction of sp³-hybridized carbons (Fsp3) is 0.900. The topological polar surface area (TPSA) is 53.0 Å². The van der Waals surface area contributed by atoms with Gasteiger partial charge in [-0.15, -0.1) is 6.58 Å². The zero-order chi connectivity index (χ0) is 16.7. The Balaban J connectivity index is 1.77. The van der Waals surface area contributed by atoms with Crippen LogP contribution in [0.4, 0.5) is 0 Å². The van der Waals surface area contributed by atoms with E-state index in [1.54, 1.807) is 0 Å². The minimum absolute atomic E-state index is 0.0686. The molecule has 3 aliphatic carbocycles. The monoisotopic (exact) mass is 320 g/mol. The van der Waals surface area contributed by atoms with Gasteiger partial charge >= 0.3 is 0 Å². The molecule has 23 heavy (non-hydrogen) atoms. The molecule has 4 fully saturated rings. The number of hydrogen-bond donors (Lipinski definition) is 2. The minimum atomic E-state index is -0.757. The highest BCUT2D eigenvalue weighted by atomic mass is 16.6. The highest BCUT2D eigenvalue weighted by Crippen LogP contribution is 2.74. The number of allylic oxidation sites excluding steroid dienone is 1. The second-order valence-electron chi connectivity index (χ2n) is 9.76. The Kier molecular flexibility index (Phi) is 3.09. The molecule has 7 atom stereocenters. The van der Waals surface area contributed by atoms with Gasteiger partial charge in [0.15, 0.2) is 0 Å². The van der Waals surface area contributed by atoms with E-state index in [0.29, 0.717) is 5.92 Å². The molecule has 0 aromatic heterocycles. The van der Waals surface area contributed by atoms with Gasteiger partial charge in [-0.05, 0) is 55.3 Å². The Morgan fingerprint density at radius 2 is 1.91 bits per heavy atom. The third kappa shape index (κ3) is 1.72. The first-order chi connectivity index (χ1) is 10.7. The molecule has 0 aromatic rings. The molecule has 4 rings (SSSR count). The zero-order valence-electron chi connectivity index (χ0n) is 14.9. The molecule has 0 amide bonds.